The van der Waals surface area contributed by atoms with Gasteiger partial charge in [-0.15, -0.1) is 0 Å². The third-order valence-electron chi connectivity index (χ3n) is 6.08. The molecule has 9 nitrogen and oxygen atoms in total. The van der Waals surface area contributed by atoms with Crippen LogP contribution < -0.4 is 14.4 Å². The smallest absolute Gasteiger partial charge is 0.266 e. The summed E-state index contributed by atoms with van der Waals surface area (Å²) in [6, 6.07) is 11.4. The van der Waals surface area contributed by atoms with Crippen LogP contribution in [0.2, 0.25) is 0 Å². The van der Waals surface area contributed by atoms with Gasteiger partial charge in [0.15, 0.2) is 17.3 Å². The molecule has 33 heavy (non-hydrogen) atoms. The van der Waals surface area contributed by atoms with Crippen molar-refractivity contribution in [2.75, 3.05) is 31.3 Å². The number of amides is 1. The predicted molar refractivity (Wildman–Crippen MR) is 118 cm³/mol. The summed E-state index contributed by atoms with van der Waals surface area (Å²) in [6.07, 6.45) is 2.89. The molecule has 4 heterocycles. The molecule has 0 unspecified atom stereocenters. The number of nitriles is 1. The lowest BCUT2D eigenvalue weighted by Gasteiger charge is -2.33. The summed E-state index contributed by atoms with van der Waals surface area (Å²) >= 11 is 0. The maximum Gasteiger partial charge on any atom is 0.266 e. The number of carbonyl (C=O) groups is 1. The molecule has 9 heteroatoms. The van der Waals surface area contributed by atoms with Crippen LogP contribution in [-0.2, 0) is 11.3 Å². The molecule has 1 fully saturated rings. The maximum absolute atomic E-state index is 13.2. The summed E-state index contributed by atoms with van der Waals surface area (Å²) in [6.45, 7) is 4.60. The molecule has 3 aromatic rings. The number of hydrogen-bond donors (Lipinski definition) is 0. The van der Waals surface area contributed by atoms with Crippen molar-refractivity contribution < 1.29 is 23.1 Å². The number of benzene rings is 1. The lowest BCUT2D eigenvalue weighted by Crippen LogP contribution is -2.42. The van der Waals surface area contributed by atoms with Crippen LogP contribution in [-0.4, -0.2) is 42.2 Å². The average Bonchev–Trinajstić information content (AvgIpc) is 3.62. The Morgan fingerprint density at radius 3 is 2.79 bits per heavy atom. The van der Waals surface area contributed by atoms with Gasteiger partial charge in [-0.3, -0.25) is 4.79 Å². The van der Waals surface area contributed by atoms with Gasteiger partial charge in [-0.05, 0) is 49.6 Å². The minimum atomic E-state index is -0.0757. The highest BCUT2D eigenvalue weighted by atomic mass is 16.7. The fraction of sp³-hybridized carbons (Fsp3) is 0.375. The van der Waals surface area contributed by atoms with E-state index in [1.165, 1.54) is 6.26 Å². The van der Waals surface area contributed by atoms with E-state index in [2.05, 4.69) is 11.1 Å². The van der Waals surface area contributed by atoms with Crippen molar-refractivity contribution >= 4 is 11.8 Å². The number of furan rings is 1. The summed E-state index contributed by atoms with van der Waals surface area (Å²) in [7, 11) is 0. The number of piperidine rings is 1. The van der Waals surface area contributed by atoms with Crippen LogP contribution in [0, 0.1) is 17.2 Å². The molecule has 2 aliphatic rings. The lowest BCUT2D eigenvalue weighted by molar-refractivity contribution is -0.136. The molecule has 0 atom stereocenters. The van der Waals surface area contributed by atoms with Crippen LogP contribution in [0.15, 0.2) is 45.4 Å². The van der Waals surface area contributed by atoms with Gasteiger partial charge in [0.1, 0.15) is 6.07 Å². The van der Waals surface area contributed by atoms with E-state index in [-0.39, 0.29) is 30.2 Å². The Bertz CT molecular complexity index is 1170. The third kappa shape index (κ3) is 4.12. The normalized spacial score (nSPS) is 15.5. The van der Waals surface area contributed by atoms with Gasteiger partial charge in [0.05, 0.1) is 6.26 Å². The number of fused-ring (bicyclic) bond motifs is 1. The van der Waals surface area contributed by atoms with Crippen molar-refractivity contribution in [3.63, 3.8) is 0 Å². The Balaban J connectivity index is 1.23. The molecular formula is C24H24N4O5. The zero-order valence-electron chi connectivity index (χ0n) is 18.3. The Kier molecular flexibility index (Phi) is 5.65. The van der Waals surface area contributed by atoms with Gasteiger partial charge < -0.3 is 28.1 Å². The van der Waals surface area contributed by atoms with Crippen molar-refractivity contribution in [1.29, 1.82) is 5.26 Å². The monoisotopic (exact) mass is 448 g/mol. The van der Waals surface area contributed by atoms with Gasteiger partial charge in [-0.25, -0.2) is 0 Å². The van der Waals surface area contributed by atoms with Crippen molar-refractivity contribution in [3.05, 3.63) is 47.9 Å². The number of anilines is 1. The van der Waals surface area contributed by atoms with Crippen molar-refractivity contribution in [2.45, 2.75) is 26.3 Å². The van der Waals surface area contributed by atoms with Gasteiger partial charge in [0, 0.05) is 32.1 Å². The highest BCUT2D eigenvalue weighted by molar-refractivity contribution is 5.79. The topological polar surface area (TPSA) is 105 Å². The Morgan fingerprint density at radius 1 is 1.24 bits per heavy atom. The van der Waals surface area contributed by atoms with Gasteiger partial charge in [0.25, 0.3) is 5.89 Å². The molecule has 0 aliphatic carbocycles. The highest BCUT2D eigenvalue weighted by Gasteiger charge is 2.31. The standard InChI is InChI=1S/C24H24N4O5/c1-2-27(14-16-5-6-19-21(12-16)32-15-31-19)23(29)17-7-9-28(10-8-17)24-18(13-25)26-22(33-24)20-4-3-11-30-20/h3-6,11-12,17H,2,7-10,14-15H2,1H3. The van der Waals surface area contributed by atoms with E-state index < -0.39 is 0 Å². The second-order valence-corrected chi connectivity index (χ2v) is 8.06. The Labute approximate surface area is 191 Å². The molecular weight excluding hydrogens is 424 g/mol. The van der Waals surface area contributed by atoms with Gasteiger partial charge in [0.2, 0.25) is 24.3 Å². The van der Waals surface area contributed by atoms with E-state index >= 15 is 0 Å². The van der Waals surface area contributed by atoms with Crippen LogP contribution in [0.3, 0.4) is 0 Å². The molecule has 0 N–H and O–H groups in total. The van der Waals surface area contributed by atoms with Crippen molar-refractivity contribution in [3.8, 4) is 29.2 Å². The summed E-state index contributed by atoms with van der Waals surface area (Å²) in [4.78, 5) is 21.4. The molecule has 5 rings (SSSR count). The number of rotatable bonds is 6. The van der Waals surface area contributed by atoms with Crippen LogP contribution in [0.1, 0.15) is 31.0 Å². The van der Waals surface area contributed by atoms with E-state index in [1.807, 2.05) is 34.9 Å². The molecule has 1 amide bonds. The maximum atomic E-state index is 13.2. The fourth-order valence-electron chi connectivity index (χ4n) is 4.30. The number of ether oxygens (including phenoxy) is 2. The first-order valence-corrected chi connectivity index (χ1v) is 11.0. The fourth-order valence-corrected chi connectivity index (χ4v) is 4.30. The molecule has 1 aromatic carbocycles. The summed E-state index contributed by atoms with van der Waals surface area (Å²) in [5.41, 5.74) is 1.24. The molecule has 1 saturated heterocycles. The molecule has 0 saturated carbocycles. The van der Waals surface area contributed by atoms with E-state index in [1.54, 1.807) is 12.1 Å². The lowest BCUT2D eigenvalue weighted by atomic mass is 9.95. The predicted octanol–water partition coefficient (Wildman–Crippen LogP) is 3.80. The van der Waals surface area contributed by atoms with Crippen LogP contribution in [0.25, 0.3) is 11.7 Å². The highest BCUT2D eigenvalue weighted by Crippen LogP contribution is 2.34. The Hall–Kier alpha value is -3.93. The molecule has 170 valence electrons. The molecule has 0 spiro atoms. The molecule has 2 aromatic heterocycles. The van der Waals surface area contributed by atoms with Crippen molar-refractivity contribution in [1.82, 2.24) is 9.88 Å². The van der Waals surface area contributed by atoms with Crippen molar-refractivity contribution in [2.24, 2.45) is 5.92 Å². The minimum absolute atomic E-state index is 0.0757. The van der Waals surface area contributed by atoms with Crippen LogP contribution in [0.4, 0.5) is 5.88 Å². The largest absolute Gasteiger partial charge is 0.459 e. The SMILES string of the molecule is CCN(Cc1ccc2c(c1)OCO2)C(=O)C1CCN(c2oc(-c3ccco3)nc2C#N)CC1. The minimum Gasteiger partial charge on any atom is -0.459 e. The molecule has 2 aliphatic heterocycles. The first-order valence-electron chi connectivity index (χ1n) is 11.0. The quantitative estimate of drug-likeness (QED) is 0.561. The second-order valence-electron chi connectivity index (χ2n) is 8.06. The zero-order chi connectivity index (χ0) is 22.8. The second kappa shape index (κ2) is 8.90. The Morgan fingerprint density at radius 2 is 2.06 bits per heavy atom. The van der Waals surface area contributed by atoms with Crippen LogP contribution in [0.5, 0.6) is 11.5 Å². The van der Waals surface area contributed by atoms with Gasteiger partial charge in [-0.2, -0.15) is 10.2 Å². The van der Waals surface area contributed by atoms with E-state index in [4.69, 9.17) is 18.3 Å². The van der Waals surface area contributed by atoms with Crippen LogP contribution >= 0.6 is 0 Å². The van der Waals surface area contributed by atoms with E-state index in [9.17, 15) is 10.1 Å². The third-order valence-corrected chi connectivity index (χ3v) is 6.08. The van der Waals surface area contributed by atoms with Gasteiger partial charge >= 0.3 is 0 Å². The number of carbonyl (C=O) groups excluding carboxylic acids is 1. The number of nitrogens with zero attached hydrogens (tertiary/aromatic N) is 4. The van der Waals surface area contributed by atoms with Gasteiger partial charge in [-0.1, -0.05) is 6.07 Å². The number of hydrogen-bond acceptors (Lipinski definition) is 8. The van der Waals surface area contributed by atoms with E-state index in [0.717, 1.165) is 17.1 Å². The molecule has 0 radical (unpaired) electrons. The first kappa shape index (κ1) is 20.9. The summed E-state index contributed by atoms with van der Waals surface area (Å²) in [5, 5.41) is 9.50. The zero-order valence-corrected chi connectivity index (χ0v) is 18.3. The number of oxazole rings is 1. The average molecular weight is 448 g/mol. The van der Waals surface area contributed by atoms with E-state index in [0.29, 0.717) is 50.7 Å². The molecule has 0 bridgehead atoms. The summed E-state index contributed by atoms with van der Waals surface area (Å²) in [5.74, 6) is 2.72. The first-order chi connectivity index (χ1) is 16.2. The number of aromatic nitrogens is 1. The summed E-state index contributed by atoms with van der Waals surface area (Å²) < 4.78 is 22.0.